The Morgan fingerprint density at radius 3 is 3.00 bits per heavy atom. The first-order valence-electron chi connectivity index (χ1n) is 5.35. The number of aromatic nitrogens is 3. The minimum absolute atomic E-state index is 0.545. The summed E-state index contributed by atoms with van der Waals surface area (Å²) in [6, 6.07) is 0. The molecule has 0 radical (unpaired) electrons. The minimum Gasteiger partial charge on any atom is -0.316 e. The predicted molar refractivity (Wildman–Crippen MR) is 55.2 cm³/mol. The van der Waals surface area contributed by atoms with Gasteiger partial charge in [0.1, 0.15) is 11.6 Å². The van der Waals surface area contributed by atoms with E-state index in [0.717, 1.165) is 24.7 Å². The molecule has 1 fully saturated rings. The first-order chi connectivity index (χ1) is 6.77. The molecule has 0 saturated carbocycles. The van der Waals surface area contributed by atoms with Crippen molar-refractivity contribution in [3.05, 3.63) is 11.6 Å². The van der Waals surface area contributed by atoms with Gasteiger partial charge in [0.2, 0.25) is 0 Å². The fraction of sp³-hybridized carbons (Fsp3) is 0.800. The Kier molecular flexibility index (Phi) is 2.82. The molecule has 4 nitrogen and oxygen atoms in total. The lowest BCUT2D eigenvalue weighted by atomic mass is 10.0. The van der Waals surface area contributed by atoms with Crippen LogP contribution in [0.3, 0.4) is 0 Å². The van der Waals surface area contributed by atoms with Crippen LogP contribution in [0.4, 0.5) is 0 Å². The molecular formula is C10H18N4. The van der Waals surface area contributed by atoms with Crippen LogP contribution in [-0.2, 0) is 7.05 Å². The summed E-state index contributed by atoms with van der Waals surface area (Å²) in [4.78, 5) is 4.49. The number of hydrogen-bond acceptors (Lipinski definition) is 3. The maximum absolute atomic E-state index is 4.49. The zero-order valence-corrected chi connectivity index (χ0v) is 8.95. The summed E-state index contributed by atoms with van der Waals surface area (Å²) in [5.41, 5.74) is 0. The van der Waals surface area contributed by atoms with Gasteiger partial charge in [-0.2, -0.15) is 5.10 Å². The van der Waals surface area contributed by atoms with Gasteiger partial charge in [-0.05, 0) is 26.3 Å². The van der Waals surface area contributed by atoms with Gasteiger partial charge in [0, 0.05) is 19.5 Å². The number of rotatable bonds is 1. The van der Waals surface area contributed by atoms with Crippen LogP contribution in [0.15, 0.2) is 0 Å². The van der Waals surface area contributed by atoms with E-state index in [1.54, 1.807) is 0 Å². The van der Waals surface area contributed by atoms with Crippen molar-refractivity contribution in [2.75, 3.05) is 13.1 Å². The van der Waals surface area contributed by atoms with Crippen molar-refractivity contribution < 1.29 is 0 Å². The second kappa shape index (κ2) is 4.09. The smallest absolute Gasteiger partial charge is 0.147 e. The molecule has 0 amide bonds. The van der Waals surface area contributed by atoms with E-state index in [1.165, 1.54) is 19.3 Å². The molecule has 1 N–H and O–H groups in total. The zero-order chi connectivity index (χ0) is 9.97. The second-order valence-electron chi connectivity index (χ2n) is 4.04. The first kappa shape index (κ1) is 9.65. The van der Waals surface area contributed by atoms with Crippen LogP contribution in [0, 0.1) is 6.92 Å². The molecule has 1 aromatic heterocycles. The van der Waals surface area contributed by atoms with Crippen LogP contribution in [0.5, 0.6) is 0 Å². The van der Waals surface area contributed by atoms with E-state index in [4.69, 9.17) is 0 Å². The third kappa shape index (κ3) is 1.95. The lowest BCUT2D eigenvalue weighted by molar-refractivity contribution is 0.543. The van der Waals surface area contributed by atoms with Gasteiger partial charge in [0.05, 0.1) is 0 Å². The molecule has 14 heavy (non-hydrogen) atoms. The Morgan fingerprint density at radius 2 is 2.29 bits per heavy atom. The van der Waals surface area contributed by atoms with Crippen molar-refractivity contribution >= 4 is 0 Å². The largest absolute Gasteiger partial charge is 0.316 e. The molecule has 2 heterocycles. The molecule has 1 aliphatic rings. The lowest BCUT2D eigenvalue weighted by Gasteiger charge is -2.12. The topological polar surface area (TPSA) is 42.7 Å². The van der Waals surface area contributed by atoms with Crippen LogP contribution in [0.1, 0.15) is 36.8 Å². The van der Waals surface area contributed by atoms with Crippen molar-refractivity contribution in [1.82, 2.24) is 20.1 Å². The van der Waals surface area contributed by atoms with Crippen LogP contribution >= 0.6 is 0 Å². The minimum atomic E-state index is 0.545. The van der Waals surface area contributed by atoms with Crippen molar-refractivity contribution in [3.8, 4) is 0 Å². The van der Waals surface area contributed by atoms with E-state index in [1.807, 2.05) is 18.7 Å². The third-order valence-corrected chi connectivity index (χ3v) is 2.81. The van der Waals surface area contributed by atoms with Crippen molar-refractivity contribution in [1.29, 1.82) is 0 Å². The second-order valence-corrected chi connectivity index (χ2v) is 4.04. The Morgan fingerprint density at radius 1 is 1.43 bits per heavy atom. The van der Waals surface area contributed by atoms with Gasteiger partial charge in [-0.25, -0.2) is 4.98 Å². The van der Waals surface area contributed by atoms with Crippen LogP contribution in [0.2, 0.25) is 0 Å². The number of hydrogen-bond donors (Lipinski definition) is 1. The molecule has 2 rings (SSSR count). The summed E-state index contributed by atoms with van der Waals surface area (Å²) in [5, 5.41) is 7.75. The van der Waals surface area contributed by atoms with Gasteiger partial charge >= 0.3 is 0 Å². The molecule has 1 aromatic rings. The highest BCUT2D eigenvalue weighted by Crippen LogP contribution is 2.21. The fourth-order valence-corrected chi connectivity index (χ4v) is 2.12. The van der Waals surface area contributed by atoms with Crippen LogP contribution in [0.25, 0.3) is 0 Å². The van der Waals surface area contributed by atoms with Gasteiger partial charge in [0.15, 0.2) is 0 Å². The molecule has 1 aliphatic heterocycles. The van der Waals surface area contributed by atoms with Crippen molar-refractivity contribution in [2.24, 2.45) is 7.05 Å². The molecule has 4 heteroatoms. The van der Waals surface area contributed by atoms with Gasteiger partial charge in [-0.15, -0.1) is 0 Å². The van der Waals surface area contributed by atoms with Gasteiger partial charge in [-0.3, -0.25) is 4.68 Å². The highest BCUT2D eigenvalue weighted by atomic mass is 15.3. The molecule has 78 valence electrons. The Labute approximate surface area is 84.7 Å². The van der Waals surface area contributed by atoms with E-state index < -0.39 is 0 Å². The van der Waals surface area contributed by atoms with E-state index in [-0.39, 0.29) is 0 Å². The maximum atomic E-state index is 4.49. The summed E-state index contributed by atoms with van der Waals surface area (Å²) in [6.45, 7) is 4.15. The predicted octanol–water partition coefficient (Wildman–Crippen LogP) is 0.981. The van der Waals surface area contributed by atoms with Gasteiger partial charge < -0.3 is 5.32 Å². The summed E-state index contributed by atoms with van der Waals surface area (Å²) in [6.07, 6.45) is 3.82. The van der Waals surface area contributed by atoms with Crippen molar-refractivity contribution in [3.63, 3.8) is 0 Å². The summed E-state index contributed by atoms with van der Waals surface area (Å²) in [7, 11) is 1.99. The SMILES string of the molecule is Cc1nc(C2CCCCNC2)n(C)n1. The van der Waals surface area contributed by atoms with Gasteiger partial charge in [-0.1, -0.05) is 6.42 Å². The fourth-order valence-electron chi connectivity index (χ4n) is 2.12. The van der Waals surface area contributed by atoms with Crippen molar-refractivity contribution in [2.45, 2.75) is 32.1 Å². The zero-order valence-electron chi connectivity index (χ0n) is 8.95. The average molecular weight is 194 g/mol. The van der Waals surface area contributed by atoms with E-state index in [2.05, 4.69) is 15.4 Å². The Hall–Kier alpha value is -0.900. The monoisotopic (exact) mass is 194 g/mol. The Balaban J connectivity index is 2.15. The van der Waals surface area contributed by atoms with Gasteiger partial charge in [0.25, 0.3) is 0 Å². The summed E-state index contributed by atoms with van der Waals surface area (Å²) < 4.78 is 1.92. The normalized spacial score (nSPS) is 23.4. The maximum Gasteiger partial charge on any atom is 0.147 e. The molecular weight excluding hydrogens is 176 g/mol. The molecule has 0 bridgehead atoms. The van der Waals surface area contributed by atoms with E-state index in [0.29, 0.717) is 5.92 Å². The third-order valence-electron chi connectivity index (χ3n) is 2.81. The quantitative estimate of drug-likeness (QED) is 0.724. The van der Waals surface area contributed by atoms with E-state index >= 15 is 0 Å². The highest BCUT2D eigenvalue weighted by Gasteiger charge is 2.18. The molecule has 1 saturated heterocycles. The number of aryl methyl sites for hydroxylation is 2. The standard InChI is InChI=1S/C10H18N4/c1-8-12-10(14(2)13-8)9-5-3-4-6-11-7-9/h9,11H,3-7H2,1-2H3. The molecule has 0 aliphatic carbocycles. The molecule has 0 aromatic carbocycles. The molecule has 1 atom stereocenters. The van der Waals surface area contributed by atoms with Crippen LogP contribution < -0.4 is 5.32 Å². The number of nitrogens with one attached hydrogen (secondary N) is 1. The molecule has 1 unspecified atom stereocenters. The lowest BCUT2D eigenvalue weighted by Crippen LogP contribution is -2.21. The van der Waals surface area contributed by atoms with Crippen LogP contribution in [-0.4, -0.2) is 27.9 Å². The van der Waals surface area contributed by atoms with E-state index in [9.17, 15) is 0 Å². The molecule has 0 spiro atoms. The summed E-state index contributed by atoms with van der Waals surface area (Å²) >= 11 is 0. The average Bonchev–Trinajstić information content (AvgIpc) is 2.43. The first-order valence-corrected chi connectivity index (χ1v) is 5.35. The summed E-state index contributed by atoms with van der Waals surface area (Å²) in [5.74, 6) is 2.56. The highest BCUT2D eigenvalue weighted by molar-refractivity contribution is 5.00. The Bertz CT molecular complexity index is 297. The number of nitrogens with zero attached hydrogens (tertiary/aromatic N) is 3.